The van der Waals surface area contributed by atoms with Gasteiger partial charge >= 0.3 is 12.1 Å². The van der Waals surface area contributed by atoms with Crippen LogP contribution in [0.15, 0.2) is 36.0 Å². The molecule has 1 amide bonds. The van der Waals surface area contributed by atoms with Gasteiger partial charge in [-0.1, -0.05) is 52.0 Å². The largest absolute Gasteiger partial charge is 0.457 e. The Kier molecular flexibility index (Phi) is 11.5. The van der Waals surface area contributed by atoms with Gasteiger partial charge in [0.15, 0.2) is 6.10 Å². The van der Waals surface area contributed by atoms with Crippen LogP contribution in [0.1, 0.15) is 73.6 Å². The first-order chi connectivity index (χ1) is 21.4. The van der Waals surface area contributed by atoms with Crippen molar-refractivity contribution >= 4 is 12.1 Å². The molecule has 3 saturated heterocycles. The quantitative estimate of drug-likeness (QED) is 0.113. The average Bonchev–Trinajstić information content (AvgIpc) is 3.71. The summed E-state index contributed by atoms with van der Waals surface area (Å²) in [6.45, 7) is 15.0. The molecule has 4 heterocycles. The third-order valence-corrected chi connectivity index (χ3v) is 10.4. The van der Waals surface area contributed by atoms with Crippen molar-refractivity contribution < 1.29 is 43.6 Å². The second-order valence-electron chi connectivity index (χ2n) is 15.8. The maximum atomic E-state index is 13.1. The van der Waals surface area contributed by atoms with E-state index in [9.17, 15) is 24.9 Å². The number of allylic oxidation sites excluding steroid dienone is 3. The molecule has 3 fully saturated rings. The third kappa shape index (κ3) is 9.22. The van der Waals surface area contributed by atoms with Crippen molar-refractivity contribution in [2.45, 2.75) is 116 Å². The van der Waals surface area contributed by atoms with Crippen LogP contribution in [0, 0.1) is 23.2 Å². The summed E-state index contributed by atoms with van der Waals surface area (Å²) in [6, 6.07) is 0. The zero-order valence-electron chi connectivity index (χ0n) is 29.2. The highest BCUT2D eigenvalue weighted by Crippen LogP contribution is 2.43. The lowest BCUT2D eigenvalue weighted by Gasteiger charge is -2.61. The Labute approximate surface area is 275 Å². The van der Waals surface area contributed by atoms with Gasteiger partial charge in [0.25, 0.3) is 0 Å². The number of hydrogen-bond acceptors (Lipinski definition) is 8. The predicted molar refractivity (Wildman–Crippen MR) is 176 cm³/mol. The number of likely N-dealkylation sites (tertiary alicyclic amines) is 2. The Morgan fingerprint density at radius 2 is 1.91 bits per heavy atom. The van der Waals surface area contributed by atoms with Gasteiger partial charge in [-0.25, -0.2) is 4.79 Å². The average molecular weight is 648 g/mol. The molecule has 0 saturated carbocycles. The van der Waals surface area contributed by atoms with Crippen LogP contribution in [0.5, 0.6) is 0 Å². The fourth-order valence-electron chi connectivity index (χ4n) is 7.83. The number of quaternary nitrogens is 1. The summed E-state index contributed by atoms with van der Waals surface area (Å²) in [6.07, 6.45) is 8.13. The molecule has 10 nitrogen and oxygen atoms in total. The standard InChI is InChI=1S/C36H59N2O8/c1-9-28(40)26(5)33-29(44-33)17-23(2)11-10-12-24(3)32-25(4)13-14-30(35(6,43)16-15-27(39)18-31(41)46-32)45-34(42)37-19-36(20-37)21-38(7,8)22-36/h10-14,23,25-30,32-33,39-40,43H,9,15-22H2,1-8H3/q+1/b11-10+,14-13+,24-12+/t23-,25+,26-,27-,28+,29-,30+,32-,33-,35-/m1/s1. The number of aliphatic hydroxyl groups is 3. The minimum Gasteiger partial charge on any atom is -0.457 e. The first kappa shape index (κ1) is 36.6. The fraction of sp³-hybridized carbons (Fsp3) is 0.778. The van der Waals surface area contributed by atoms with E-state index >= 15 is 0 Å². The van der Waals surface area contributed by atoms with E-state index in [1.54, 1.807) is 17.9 Å². The summed E-state index contributed by atoms with van der Waals surface area (Å²) in [5.74, 6) is -0.430. The highest BCUT2D eigenvalue weighted by Gasteiger charge is 2.60. The second-order valence-corrected chi connectivity index (χ2v) is 15.8. The number of esters is 1. The number of epoxide rings is 1. The molecule has 0 aromatic heterocycles. The lowest BCUT2D eigenvalue weighted by Crippen LogP contribution is -2.77. The molecule has 1 spiro atoms. The lowest BCUT2D eigenvalue weighted by molar-refractivity contribution is -0.952. The molecular weight excluding hydrogens is 588 g/mol. The van der Waals surface area contributed by atoms with Crippen molar-refractivity contribution in [1.82, 2.24) is 4.90 Å². The first-order valence-electron chi connectivity index (χ1n) is 17.2. The normalized spacial score (nSPS) is 37.2. The Bertz CT molecular complexity index is 1160. The Balaban J connectivity index is 1.41. The SMILES string of the molecule is CC[C@H](O)[C@@H](C)[C@H]1O[C@@H]1C[C@H](C)/C=C/C=C(\C)[C@H]1OC(=O)C[C@H](O)CC[C@@](C)(O)[C@@H](OC(=O)N2CC3(C2)C[N+](C)(C)C3)/C=C/[C@@H]1C. The molecule has 4 aliphatic rings. The maximum absolute atomic E-state index is 13.1. The van der Waals surface area contributed by atoms with Crippen LogP contribution >= 0.6 is 0 Å². The third-order valence-electron chi connectivity index (χ3n) is 10.4. The minimum absolute atomic E-state index is 0.0996. The van der Waals surface area contributed by atoms with Gasteiger partial charge in [-0.05, 0) is 57.1 Å². The van der Waals surface area contributed by atoms with E-state index in [4.69, 9.17) is 14.2 Å². The van der Waals surface area contributed by atoms with Crippen LogP contribution in [0.2, 0.25) is 0 Å². The van der Waals surface area contributed by atoms with Crippen LogP contribution < -0.4 is 0 Å². The van der Waals surface area contributed by atoms with E-state index < -0.39 is 36.0 Å². The Hall–Kier alpha value is -2.24. The predicted octanol–water partition coefficient (Wildman–Crippen LogP) is 3.99. The Morgan fingerprint density at radius 3 is 2.54 bits per heavy atom. The van der Waals surface area contributed by atoms with Crippen molar-refractivity contribution in [3.63, 3.8) is 0 Å². The summed E-state index contributed by atoms with van der Waals surface area (Å²) in [4.78, 5) is 27.7. The lowest BCUT2D eigenvalue weighted by atomic mass is 9.72. The van der Waals surface area contributed by atoms with E-state index in [2.05, 4.69) is 27.1 Å². The number of aliphatic hydroxyl groups excluding tert-OH is 2. The van der Waals surface area contributed by atoms with Gasteiger partial charge in [-0.2, -0.15) is 0 Å². The number of hydrogen-bond donors (Lipinski definition) is 3. The summed E-state index contributed by atoms with van der Waals surface area (Å²) in [5, 5.41) is 32.2. The van der Waals surface area contributed by atoms with Gasteiger partial charge in [-0.3, -0.25) is 4.79 Å². The van der Waals surface area contributed by atoms with Gasteiger partial charge in [-0.15, -0.1) is 0 Å². The first-order valence-corrected chi connectivity index (χ1v) is 17.2. The molecule has 0 unspecified atom stereocenters. The fourth-order valence-corrected chi connectivity index (χ4v) is 7.83. The highest BCUT2D eigenvalue weighted by atomic mass is 16.6. The number of carbonyl (C=O) groups is 2. The van der Waals surface area contributed by atoms with Gasteiger partial charge < -0.3 is 38.9 Å². The highest BCUT2D eigenvalue weighted by molar-refractivity contribution is 5.71. The van der Waals surface area contributed by atoms with Gasteiger partial charge in [0.2, 0.25) is 0 Å². The molecule has 10 heteroatoms. The number of rotatable bonds is 9. The van der Waals surface area contributed by atoms with Crippen molar-refractivity contribution in [2.75, 3.05) is 40.3 Å². The summed E-state index contributed by atoms with van der Waals surface area (Å²) < 4.78 is 18.6. The van der Waals surface area contributed by atoms with Crippen molar-refractivity contribution in [3.05, 3.63) is 36.0 Å². The van der Waals surface area contributed by atoms with E-state index in [0.717, 1.165) is 29.6 Å². The molecule has 46 heavy (non-hydrogen) atoms. The van der Waals surface area contributed by atoms with Crippen molar-refractivity contribution in [1.29, 1.82) is 0 Å². The van der Waals surface area contributed by atoms with Crippen LogP contribution in [-0.2, 0) is 19.0 Å². The topological polar surface area (TPSA) is 129 Å². The molecule has 0 bridgehead atoms. The van der Waals surface area contributed by atoms with E-state index in [0.29, 0.717) is 19.5 Å². The molecule has 0 aromatic carbocycles. The van der Waals surface area contributed by atoms with Crippen molar-refractivity contribution in [2.24, 2.45) is 23.2 Å². The number of ether oxygens (including phenoxy) is 3. The minimum atomic E-state index is -1.44. The summed E-state index contributed by atoms with van der Waals surface area (Å²) in [7, 11) is 4.38. The van der Waals surface area contributed by atoms with E-state index in [-0.39, 0.29) is 60.7 Å². The zero-order valence-corrected chi connectivity index (χ0v) is 29.2. The molecule has 0 aliphatic carbocycles. The number of amides is 1. The van der Waals surface area contributed by atoms with Crippen LogP contribution in [-0.4, -0.2) is 119 Å². The molecule has 4 rings (SSSR count). The molecule has 0 radical (unpaired) electrons. The number of nitrogens with zero attached hydrogens (tertiary/aromatic N) is 2. The number of carbonyl (C=O) groups excluding carboxylic acids is 2. The van der Waals surface area contributed by atoms with E-state index in [1.807, 2.05) is 45.9 Å². The summed E-state index contributed by atoms with van der Waals surface area (Å²) in [5.41, 5.74) is -0.442. The molecule has 260 valence electrons. The van der Waals surface area contributed by atoms with E-state index in [1.165, 1.54) is 0 Å². The molecule has 3 N–H and O–H groups in total. The van der Waals surface area contributed by atoms with Crippen LogP contribution in [0.4, 0.5) is 4.79 Å². The maximum Gasteiger partial charge on any atom is 0.410 e. The molecule has 0 aromatic rings. The molecular formula is C36H59N2O8+. The molecule has 10 atom stereocenters. The van der Waals surface area contributed by atoms with Crippen LogP contribution in [0.3, 0.4) is 0 Å². The van der Waals surface area contributed by atoms with Gasteiger partial charge in [0.05, 0.1) is 58.0 Å². The monoisotopic (exact) mass is 647 g/mol. The Morgan fingerprint density at radius 1 is 1.24 bits per heavy atom. The summed E-state index contributed by atoms with van der Waals surface area (Å²) >= 11 is 0. The molecule has 4 aliphatic heterocycles. The smallest absolute Gasteiger partial charge is 0.410 e. The van der Waals surface area contributed by atoms with Gasteiger partial charge in [0, 0.05) is 24.9 Å². The second kappa shape index (κ2) is 14.5. The van der Waals surface area contributed by atoms with Gasteiger partial charge in [0.1, 0.15) is 17.1 Å². The number of cyclic esters (lactones) is 1. The zero-order chi connectivity index (χ0) is 34.0. The van der Waals surface area contributed by atoms with Crippen molar-refractivity contribution in [3.8, 4) is 0 Å². The van der Waals surface area contributed by atoms with Crippen LogP contribution in [0.25, 0.3) is 0 Å².